The smallest absolute Gasteiger partial charge is 0.111 e. The molecule has 0 bridgehead atoms. The maximum absolute atomic E-state index is 10.6. The lowest BCUT2D eigenvalue weighted by Gasteiger charge is -2.26. The van der Waals surface area contributed by atoms with Gasteiger partial charge in [0.05, 0.1) is 0 Å². The van der Waals surface area contributed by atoms with Crippen LogP contribution in [0.3, 0.4) is 0 Å². The second-order valence-corrected chi connectivity index (χ2v) is 5.25. The summed E-state index contributed by atoms with van der Waals surface area (Å²) in [6.45, 7) is 0.219. The molecule has 0 saturated heterocycles. The van der Waals surface area contributed by atoms with E-state index < -0.39 is 5.60 Å². The summed E-state index contributed by atoms with van der Waals surface area (Å²) in [7, 11) is 0. The third kappa shape index (κ3) is 3.13. The normalized spacial score (nSPS) is 14.1. The fourth-order valence-electron chi connectivity index (χ4n) is 1.73. The minimum Gasteiger partial charge on any atom is -0.383 e. The summed E-state index contributed by atoms with van der Waals surface area (Å²) in [5, 5.41) is 10.6. The standard InChI is InChI=1S/C15H17NOS/c16-11-15(17,13-7-3-1-4-8-13)12-18-14-9-5-2-6-10-14/h1-10,17H,11-12,16H2. The van der Waals surface area contributed by atoms with Gasteiger partial charge in [-0.2, -0.15) is 0 Å². The van der Waals surface area contributed by atoms with Crippen LogP contribution >= 0.6 is 11.8 Å². The summed E-state index contributed by atoms with van der Waals surface area (Å²) < 4.78 is 0. The summed E-state index contributed by atoms with van der Waals surface area (Å²) >= 11 is 1.62. The van der Waals surface area contributed by atoms with Crippen LogP contribution in [0.1, 0.15) is 5.56 Å². The molecule has 1 atom stereocenters. The molecule has 2 aromatic rings. The highest BCUT2D eigenvalue weighted by molar-refractivity contribution is 7.99. The molecule has 0 spiro atoms. The third-order valence-corrected chi connectivity index (χ3v) is 4.10. The van der Waals surface area contributed by atoms with Crippen molar-refractivity contribution in [3.05, 3.63) is 66.2 Å². The van der Waals surface area contributed by atoms with Gasteiger partial charge in [0.25, 0.3) is 0 Å². The van der Waals surface area contributed by atoms with Crippen molar-refractivity contribution < 1.29 is 5.11 Å². The predicted octanol–water partition coefficient (Wildman–Crippen LogP) is 2.63. The van der Waals surface area contributed by atoms with E-state index in [0.29, 0.717) is 5.75 Å². The molecule has 0 radical (unpaired) electrons. The average molecular weight is 259 g/mol. The van der Waals surface area contributed by atoms with Crippen LogP contribution in [0.15, 0.2) is 65.6 Å². The molecule has 18 heavy (non-hydrogen) atoms. The Morgan fingerprint density at radius 2 is 1.50 bits per heavy atom. The first-order valence-electron chi connectivity index (χ1n) is 5.90. The van der Waals surface area contributed by atoms with Crippen molar-refractivity contribution in [2.24, 2.45) is 5.73 Å². The SMILES string of the molecule is NCC(O)(CSc1ccccc1)c1ccccc1. The van der Waals surface area contributed by atoms with Crippen LogP contribution in [-0.4, -0.2) is 17.4 Å². The highest BCUT2D eigenvalue weighted by Crippen LogP contribution is 2.28. The van der Waals surface area contributed by atoms with Crippen molar-refractivity contribution in [3.63, 3.8) is 0 Å². The molecule has 1 unspecified atom stereocenters. The van der Waals surface area contributed by atoms with Gasteiger partial charge in [-0.15, -0.1) is 11.8 Å². The molecular weight excluding hydrogens is 242 g/mol. The largest absolute Gasteiger partial charge is 0.383 e. The zero-order valence-corrected chi connectivity index (χ0v) is 10.9. The van der Waals surface area contributed by atoms with E-state index in [-0.39, 0.29) is 6.54 Å². The Bertz CT molecular complexity index is 474. The van der Waals surface area contributed by atoms with Gasteiger partial charge in [-0.25, -0.2) is 0 Å². The molecule has 0 heterocycles. The number of rotatable bonds is 5. The van der Waals surface area contributed by atoms with Gasteiger partial charge < -0.3 is 10.8 Å². The first-order valence-corrected chi connectivity index (χ1v) is 6.89. The summed E-state index contributed by atoms with van der Waals surface area (Å²) in [6.07, 6.45) is 0. The van der Waals surface area contributed by atoms with Crippen molar-refractivity contribution in [1.29, 1.82) is 0 Å². The molecule has 0 aliphatic rings. The molecule has 3 N–H and O–H groups in total. The second-order valence-electron chi connectivity index (χ2n) is 4.20. The van der Waals surface area contributed by atoms with Crippen molar-refractivity contribution in [3.8, 4) is 0 Å². The second kappa shape index (κ2) is 6.05. The molecular formula is C15H17NOS. The fraction of sp³-hybridized carbons (Fsp3) is 0.200. The number of hydrogen-bond donors (Lipinski definition) is 2. The lowest BCUT2D eigenvalue weighted by Crippen LogP contribution is -2.37. The Labute approximate surface area is 112 Å². The van der Waals surface area contributed by atoms with E-state index in [9.17, 15) is 5.11 Å². The van der Waals surface area contributed by atoms with Gasteiger partial charge in [-0.1, -0.05) is 48.5 Å². The Balaban J connectivity index is 2.10. The maximum Gasteiger partial charge on any atom is 0.111 e. The van der Waals surface area contributed by atoms with Gasteiger partial charge in [-0.3, -0.25) is 0 Å². The fourth-order valence-corrected chi connectivity index (χ4v) is 2.77. The van der Waals surface area contributed by atoms with E-state index in [0.717, 1.165) is 10.5 Å². The lowest BCUT2D eigenvalue weighted by atomic mass is 9.96. The molecule has 0 aliphatic heterocycles. The molecule has 94 valence electrons. The zero-order valence-electron chi connectivity index (χ0n) is 10.1. The van der Waals surface area contributed by atoms with Gasteiger partial charge in [0, 0.05) is 17.2 Å². The Hall–Kier alpha value is -1.29. The quantitative estimate of drug-likeness (QED) is 0.811. The van der Waals surface area contributed by atoms with E-state index in [1.807, 2.05) is 60.7 Å². The molecule has 0 saturated carbocycles. The molecule has 0 amide bonds. The van der Waals surface area contributed by atoms with Crippen molar-refractivity contribution in [2.45, 2.75) is 10.5 Å². The molecule has 2 rings (SSSR count). The summed E-state index contributed by atoms with van der Waals surface area (Å²) in [5.41, 5.74) is 5.64. The Kier molecular flexibility index (Phi) is 4.42. The molecule has 0 aromatic heterocycles. The lowest BCUT2D eigenvalue weighted by molar-refractivity contribution is 0.0721. The molecule has 0 aliphatic carbocycles. The van der Waals surface area contributed by atoms with Crippen LogP contribution in [0.5, 0.6) is 0 Å². The van der Waals surface area contributed by atoms with Gasteiger partial charge in [-0.05, 0) is 17.7 Å². The predicted molar refractivity (Wildman–Crippen MR) is 76.6 cm³/mol. The first kappa shape index (κ1) is 13.1. The van der Waals surface area contributed by atoms with E-state index in [1.165, 1.54) is 0 Å². The summed E-state index contributed by atoms with van der Waals surface area (Å²) in [4.78, 5) is 1.14. The van der Waals surface area contributed by atoms with Crippen LogP contribution in [0.2, 0.25) is 0 Å². The van der Waals surface area contributed by atoms with Crippen LogP contribution in [0.4, 0.5) is 0 Å². The maximum atomic E-state index is 10.6. The Morgan fingerprint density at radius 3 is 2.06 bits per heavy atom. The van der Waals surface area contributed by atoms with E-state index >= 15 is 0 Å². The van der Waals surface area contributed by atoms with Crippen LogP contribution in [0, 0.1) is 0 Å². The highest BCUT2D eigenvalue weighted by atomic mass is 32.2. The average Bonchev–Trinajstić information content (AvgIpc) is 2.47. The molecule has 3 heteroatoms. The van der Waals surface area contributed by atoms with Crippen molar-refractivity contribution in [1.82, 2.24) is 0 Å². The van der Waals surface area contributed by atoms with Gasteiger partial charge >= 0.3 is 0 Å². The molecule has 2 aromatic carbocycles. The van der Waals surface area contributed by atoms with Crippen molar-refractivity contribution in [2.75, 3.05) is 12.3 Å². The van der Waals surface area contributed by atoms with Gasteiger partial charge in [0.15, 0.2) is 0 Å². The monoisotopic (exact) mass is 259 g/mol. The highest BCUT2D eigenvalue weighted by Gasteiger charge is 2.27. The third-order valence-electron chi connectivity index (χ3n) is 2.87. The number of benzene rings is 2. The van der Waals surface area contributed by atoms with Gasteiger partial charge in [0.2, 0.25) is 0 Å². The number of thioether (sulfide) groups is 1. The van der Waals surface area contributed by atoms with Crippen molar-refractivity contribution >= 4 is 11.8 Å². The van der Waals surface area contributed by atoms with E-state index in [4.69, 9.17) is 5.73 Å². The van der Waals surface area contributed by atoms with Crippen LogP contribution in [0.25, 0.3) is 0 Å². The Morgan fingerprint density at radius 1 is 0.944 bits per heavy atom. The molecule has 2 nitrogen and oxygen atoms in total. The minimum absolute atomic E-state index is 0.219. The van der Waals surface area contributed by atoms with E-state index in [1.54, 1.807) is 11.8 Å². The number of aliphatic hydroxyl groups is 1. The van der Waals surface area contributed by atoms with E-state index in [2.05, 4.69) is 0 Å². The molecule has 0 fully saturated rings. The van der Waals surface area contributed by atoms with Crippen LogP contribution in [-0.2, 0) is 5.60 Å². The minimum atomic E-state index is -0.970. The number of hydrogen-bond acceptors (Lipinski definition) is 3. The zero-order chi connectivity index (χ0) is 12.8. The van der Waals surface area contributed by atoms with Crippen LogP contribution < -0.4 is 5.73 Å². The number of nitrogens with two attached hydrogens (primary N) is 1. The summed E-state index contributed by atoms with van der Waals surface area (Å²) in [5.74, 6) is 0.553. The first-order chi connectivity index (χ1) is 8.74. The topological polar surface area (TPSA) is 46.2 Å². The van der Waals surface area contributed by atoms with Gasteiger partial charge in [0.1, 0.15) is 5.60 Å². The summed E-state index contributed by atoms with van der Waals surface area (Å²) in [6, 6.07) is 19.6.